The third kappa shape index (κ3) is 6.52. The SMILES string of the molecule is CC1CCCC(O)(CNCCSC(F)(F)F)C1. The number of rotatable bonds is 5. The number of nitrogens with one attached hydrogen (secondary N) is 1. The zero-order chi connectivity index (χ0) is 12.9. The molecule has 0 heterocycles. The van der Waals surface area contributed by atoms with Gasteiger partial charge >= 0.3 is 5.51 Å². The summed E-state index contributed by atoms with van der Waals surface area (Å²) in [7, 11) is 0. The van der Waals surface area contributed by atoms with Crippen molar-refractivity contribution in [2.24, 2.45) is 5.92 Å². The lowest BCUT2D eigenvalue weighted by Crippen LogP contribution is -2.44. The predicted molar refractivity (Wildman–Crippen MR) is 64.0 cm³/mol. The predicted octanol–water partition coefficient (Wildman–Crippen LogP) is 2.77. The Morgan fingerprint density at radius 3 is 2.76 bits per heavy atom. The molecule has 1 aliphatic rings. The van der Waals surface area contributed by atoms with Gasteiger partial charge in [0, 0.05) is 18.8 Å². The van der Waals surface area contributed by atoms with E-state index in [1.807, 2.05) is 0 Å². The van der Waals surface area contributed by atoms with Crippen LogP contribution in [-0.4, -0.2) is 35.1 Å². The van der Waals surface area contributed by atoms with E-state index in [0.717, 1.165) is 25.7 Å². The fourth-order valence-corrected chi connectivity index (χ4v) is 2.83. The van der Waals surface area contributed by atoms with E-state index >= 15 is 0 Å². The highest BCUT2D eigenvalue weighted by molar-refractivity contribution is 8.00. The lowest BCUT2D eigenvalue weighted by molar-refractivity contribution is -0.0327. The highest BCUT2D eigenvalue weighted by Gasteiger charge is 2.32. The van der Waals surface area contributed by atoms with Crippen LogP contribution in [0.3, 0.4) is 0 Å². The summed E-state index contributed by atoms with van der Waals surface area (Å²) in [6.07, 6.45) is 3.62. The summed E-state index contributed by atoms with van der Waals surface area (Å²) in [5.74, 6) is 0.495. The molecule has 2 nitrogen and oxygen atoms in total. The zero-order valence-corrected chi connectivity index (χ0v) is 10.8. The van der Waals surface area contributed by atoms with Crippen molar-refractivity contribution in [1.29, 1.82) is 0 Å². The summed E-state index contributed by atoms with van der Waals surface area (Å²) in [6.45, 7) is 2.78. The van der Waals surface area contributed by atoms with Gasteiger partial charge in [0.15, 0.2) is 0 Å². The van der Waals surface area contributed by atoms with Gasteiger partial charge in [-0.2, -0.15) is 13.2 Å². The molecule has 0 aromatic carbocycles. The second-order valence-corrected chi connectivity index (χ2v) is 6.06. The van der Waals surface area contributed by atoms with Crippen molar-refractivity contribution in [2.75, 3.05) is 18.8 Å². The zero-order valence-electron chi connectivity index (χ0n) is 10.0. The molecule has 0 radical (unpaired) electrons. The third-order valence-corrected chi connectivity index (χ3v) is 3.80. The van der Waals surface area contributed by atoms with E-state index in [2.05, 4.69) is 12.2 Å². The summed E-state index contributed by atoms with van der Waals surface area (Å²) < 4.78 is 35.5. The molecule has 0 aromatic heterocycles. The second kappa shape index (κ2) is 6.29. The molecule has 0 spiro atoms. The summed E-state index contributed by atoms with van der Waals surface area (Å²) >= 11 is -0.0245. The molecule has 2 unspecified atom stereocenters. The van der Waals surface area contributed by atoms with Crippen LogP contribution in [0.1, 0.15) is 32.6 Å². The lowest BCUT2D eigenvalue weighted by atomic mass is 9.79. The van der Waals surface area contributed by atoms with Crippen LogP contribution in [0.4, 0.5) is 13.2 Å². The molecule has 0 saturated heterocycles. The Morgan fingerprint density at radius 2 is 2.18 bits per heavy atom. The standard InChI is InChI=1S/C11H20F3NOS/c1-9-3-2-4-10(16,7-9)8-15-5-6-17-11(12,13)14/h9,15-16H,2-8H2,1H3. The Morgan fingerprint density at radius 1 is 1.47 bits per heavy atom. The number of hydrogen-bond donors (Lipinski definition) is 2. The fraction of sp³-hybridized carbons (Fsp3) is 1.00. The van der Waals surface area contributed by atoms with Crippen LogP contribution in [-0.2, 0) is 0 Å². The van der Waals surface area contributed by atoms with Gasteiger partial charge in [-0.05, 0) is 30.5 Å². The molecule has 0 aromatic rings. The minimum absolute atomic E-state index is 0.00483. The van der Waals surface area contributed by atoms with Gasteiger partial charge in [0.2, 0.25) is 0 Å². The van der Waals surface area contributed by atoms with Gasteiger partial charge in [-0.1, -0.05) is 19.8 Å². The van der Waals surface area contributed by atoms with Gasteiger partial charge in [0.05, 0.1) is 5.60 Å². The van der Waals surface area contributed by atoms with Gasteiger partial charge in [-0.15, -0.1) is 0 Å². The Hall–Kier alpha value is 0.0600. The quantitative estimate of drug-likeness (QED) is 0.754. The normalized spacial score (nSPS) is 30.5. The molecule has 2 N–H and O–H groups in total. The Kier molecular flexibility index (Phi) is 5.60. The first-order valence-corrected chi connectivity index (χ1v) is 6.93. The molecule has 0 aliphatic heterocycles. The van der Waals surface area contributed by atoms with Crippen molar-refractivity contribution in [3.8, 4) is 0 Å². The first-order valence-electron chi connectivity index (χ1n) is 5.94. The highest BCUT2D eigenvalue weighted by Crippen LogP contribution is 2.32. The van der Waals surface area contributed by atoms with E-state index in [9.17, 15) is 18.3 Å². The second-order valence-electron chi connectivity index (χ2n) is 4.90. The van der Waals surface area contributed by atoms with Crippen LogP contribution in [0, 0.1) is 5.92 Å². The van der Waals surface area contributed by atoms with E-state index in [1.165, 1.54) is 0 Å². The summed E-state index contributed by atoms with van der Waals surface area (Å²) in [5.41, 5.74) is -4.88. The largest absolute Gasteiger partial charge is 0.441 e. The van der Waals surface area contributed by atoms with Gasteiger partial charge in [-0.25, -0.2) is 0 Å². The van der Waals surface area contributed by atoms with E-state index in [-0.39, 0.29) is 24.1 Å². The molecular weight excluding hydrogens is 251 g/mol. The number of thioether (sulfide) groups is 1. The molecule has 1 aliphatic carbocycles. The minimum Gasteiger partial charge on any atom is -0.389 e. The Labute approximate surface area is 104 Å². The molecule has 2 atom stereocenters. The van der Waals surface area contributed by atoms with E-state index < -0.39 is 11.1 Å². The van der Waals surface area contributed by atoms with Gasteiger partial charge < -0.3 is 10.4 Å². The van der Waals surface area contributed by atoms with Gasteiger partial charge in [0.1, 0.15) is 0 Å². The molecule has 1 fully saturated rings. The number of alkyl halides is 3. The van der Waals surface area contributed by atoms with Crippen LogP contribution in [0.25, 0.3) is 0 Å². The number of aliphatic hydroxyl groups is 1. The van der Waals surface area contributed by atoms with Crippen molar-refractivity contribution in [1.82, 2.24) is 5.32 Å². The third-order valence-electron chi connectivity index (χ3n) is 3.07. The van der Waals surface area contributed by atoms with Crippen molar-refractivity contribution >= 4 is 11.8 Å². The first-order chi connectivity index (χ1) is 7.81. The maximum absolute atomic E-state index is 11.8. The van der Waals surface area contributed by atoms with E-state index in [0.29, 0.717) is 12.5 Å². The fourth-order valence-electron chi connectivity index (χ4n) is 2.35. The van der Waals surface area contributed by atoms with Crippen LogP contribution >= 0.6 is 11.8 Å². The monoisotopic (exact) mass is 271 g/mol. The highest BCUT2D eigenvalue weighted by atomic mass is 32.2. The lowest BCUT2D eigenvalue weighted by Gasteiger charge is -2.35. The average Bonchev–Trinajstić information content (AvgIpc) is 2.14. The van der Waals surface area contributed by atoms with E-state index in [1.54, 1.807) is 0 Å². The van der Waals surface area contributed by atoms with Crippen molar-refractivity contribution < 1.29 is 18.3 Å². The molecule has 0 bridgehead atoms. The van der Waals surface area contributed by atoms with Crippen LogP contribution in [0.2, 0.25) is 0 Å². The van der Waals surface area contributed by atoms with E-state index in [4.69, 9.17) is 0 Å². The Balaban J connectivity index is 2.13. The summed E-state index contributed by atoms with van der Waals surface area (Å²) in [6, 6.07) is 0. The molecule has 102 valence electrons. The number of halogens is 3. The molecular formula is C11H20F3NOS. The van der Waals surface area contributed by atoms with Crippen molar-refractivity contribution in [3.05, 3.63) is 0 Å². The van der Waals surface area contributed by atoms with Crippen molar-refractivity contribution in [3.63, 3.8) is 0 Å². The molecule has 6 heteroatoms. The van der Waals surface area contributed by atoms with Gasteiger partial charge in [-0.3, -0.25) is 0 Å². The Bertz CT molecular complexity index is 237. The molecule has 1 saturated carbocycles. The molecule has 0 amide bonds. The summed E-state index contributed by atoms with van der Waals surface area (Å²) in [4.78, 5) is 0. The molecule has 17 heavy (non-hydrogen) atoms. The van der Waals surface area contributed by atoms with Crippen LogP contribution in [0.5, 0.6) is 0 Å². The van der Waals surface area contributed by atoms with Gasteiger partial charge in [0.25, 0.3) is 0 Å². The smallest absolute Gasteiger partial charge is 0.389 e. The first kappa shape index (κ1) is 15.1. The number of hydrogen-bond acceptors (Lipinski definition) is 3. The summed E-state index contributed by atoms with van der Waals surface area (Å²) in [5, 5.41) is 13.1. The van der Waals surface area contributed by atoms with Crippen molar-refractivity contribution in [2.45, 2.75) is 43.7 Å². The average molecular weight is 271 g/mol. The minimum atomic E-state index is -4.15. The topological polar surface area (TPSA) is 32.3 Å². The maximum Gasteiger partial charge on any atom is 0.441 e. The molecule has 1 rings (SSSR count). The maximum atomic E-state index is 11.8. The van der Waals surface area contributed by atoms with Crippen LogP contribution in [0.15, 0.2) is 0 Å². The van der Waals surface area contributed by atoms with Crippen LogP contribution < -0.4 is 5.32 Å².